The second-order valence-corrected chi connectivity index (χ2v) is 9.93. The molecule has 1 fully saturated rings. The first kappa shape index (κ1) is 22.0. The zero-order valence-electron chi connectivity index (χ0n) is 19.1. The summed E-state index contributed by atoms with van der Waals surface area (Å²) in [5.74, 6) is 1.27. The molecule has 1 unspecified atom stereocenters. The number of fused-ring (bicyclic) bond motifs is 7. The first-order chi connectivity index (χ1) is 17.2. The lowest BCUT2D eigenvalue weighted by Crippen LogP contribution is -2.58. The van der Waals surface area contributed by atoms with E-state index in [4.69, 9.17) is 4.74 Å². The van der Waals surface area contributed by atoms with Gasteiger partial charge in [-0.05, 0) is 29.7 Å². The number of amides is 1. The number of allylic oxidation sites excluding steroid dienone is 1. The van der Waals surface area contributed by atoms with Crippen molar-refractivity contribution in [2.24, 2.45) is 0 Å². The van der Waals surface area contributed by atoms with Crippen LogP contribution < -0.4 is 4.74 Å². The van der Waals surface area contributed by atoms with Gasteiger partial charge in [0.2, 0.25) is 0 Å². The molecule has 2 aromatic carbocycles. The molecule has 6 rings (SSSR count). The molecule has 2 atom stereocenters. The van der Waals surface area contributed by atoms with Gasteiger partial charge >= 0.3 is 0 Å². The average molecular weight is 488 g/mol. The third-order valence-electron chi connectivity index (χ3n) is 6.79. The van der Waals surface area contributed by atoms with Gasteiger partial charge in [0.15, 0.2) is 5.70 Å². The van der Waals surface area contributed by atoms with Crippen LogP contribution in [0.1, 0.15) is 35.6 Å². The van der Waals surface area contributed by atoms with Gasteiger partial charge in [0.05, 0.1) is 12.7 Å². The number of aliphatic hydroxyl groups is 1. The van der Waals surface area contributed by atoms with Crippen LogP contribution in [0.4, 0.5) is 0 Å². The Hall–Kier alpha value is -3.49. The smallest absolute Gasteiger partial charge is 0.276 e. The maximum Gasteiger partial charge on any atom is 0.276 e. The maximum atomic E-state index is 13.5. The van der Waals surface area contributed by atoms with Gasteiger partial charge in [0.25, 0.3) is 5.91 Å². The summed E-state index contributed by atoms with van der Waals surface area (Å²) in [5.41, 5.74) is 3.92. The number of ether oxygens (including phenoxy) is 1. The van der Waals surface area contributed by atoms with Crippen molar-refractivity contribution in [1.82, 2.24) is 14.9 Å². The Bertz CT molecular complexity index is 1300. The molecule has 0 aromatic heterocycles. The number of carbonyl (C=O) groups excluding carboxylic acids is 2. The molecule has 0 spiro atoms. The highest BCUT2D eigenvalue weighted by molar-refractivity contribution is 7.98. The van der Waals surface area contributed by atoms with E-state index in [0.29, 0.717) is 31.8 Å². The number of hydrogen-bond donors (Lipinski definition) is 1. The van der Waals surface area contributed by atoms with Crippen LogP contribution in [-0.2, 0) is 15.3 Å². The van der Waals surface area contributed by atoms with E-state index in [9.17, 15) is 14.7 Å². The molecule has 8 heteroatoms. The highest BCUT2D eigenvalue weighted by Crippen LogP contribution is 2.48. The molecule has 0 saturated carbocycles. The van der Waals surface area contributed by atoms with Crippen molar-refractivity contribution in [2.75, 3.05) is 19.8 Å². The maximum absolute atomic E-state index is 13.5. The van der Waals surface area contributed by atoms with Gasteiger partial charge in [0.1, 0.15) is 24.4 Å². The van der Waals surface area contributed by atoms with Crippen molar-refractivity contribution in [3.63, 3.8) is 0 Å². The lowest BCUT2D eigenvalue weighted by atomic mass is 9.93. The highest BCUT2D eigenvalue weighted by atomic mass is 32.2. The molecule has 4 aliphatic heterocycles. The highest BCUT2D eigenvalue weighted by Gasteiger charge is 2.44. The van der Waals surface area contributed by atoms with Crippen LogP contribution in [0, 0.1) is 0 Å². The Morgan fingerprint density at radius 3 is 2.89 bits per heavy atom. The fraction of sp³-hybridized carbons (Fsp3) is 0.259. The summed E-state index contributed by atoms with van der Waals surface area (Å²) < 4.78 is 6.28. The predicted octanol–water partition coefficient (Wildman–Crippen LogP) is 4.30. The Kier molecular flexibility index (Phi) is 5.62. The molecule has 0 radical (unpaired) electrons. The SMILES string of the molecule is O=CC1=CN2C(=C(O)C1)C(=O)N1CC/C=C/COc3cccc4c3[C@@H](c3ccccc3SC4)N2C1. The summed E-state index contributed by atoms with van der Waals surface area (Å²) in [6, 6.07) is 14.1. The molecular formula is C27H25N3O4S. The van der Waals surface area contributed by atoms with Gasteiger partial charge in [-0.25, -0.2) is 0 Å². The van der Waals surface area contributed by atoms with Crippen molar-refractivity contribution < 1.29 is 19.4 Å². The first-order valence-electron chi connectivity index (χ1n) is 11.7. The van der Waals surface area contributed by atoms with E-state index in [0.717, 1.165) is 39.4 Å². The number of aliphatic hydroxyl groups excluding tert-OH is 1. The molecule has 1 N–H and O–H groups in total. The van der Waals surface area contributed by atoms with E-state index in [2.05, 4.69) is 23.2 Å². The van der Waals surface area contributed by atoms with Gasteiger partial charge in [-0.2, -0.15) is 5.01 Å². The van der Waals surface area contributed by atoms with E-state index in [1.807, 2.05) is 36.4 Å². The molecule has 4 heterocycles. The van der Waals surface area contributed by atoms with Gasteiger partial charge in [-0.3, -0.25) is 14.6 Å². The lowest BCUT2D eigenvalue weighted by Gasteiger charge is -2.49. The number of thioether (sulfide) groups is 1. The van der Waals surface area contributed by atoms with Crippen molar-refractivity contribution in [3.8, 4) is 5.75 Å². The van der Waals surface area contributed by atoms with Crippen LogP contribution in [0.5, 0.6) is 5.75 Å². The van der Waals surface area contributed by atoms with Gasteiger partial charge in [-0.15, -0.1) is 11.8 Å². The topological polar surface area (TPSA) is 73.3 Å². The van der Waals surface area contributed by atoms with Crippen molar-refractivity contribution in [1.29, 1.82) is 0 Å². The second kappa shape index (κ2) is 8.94. The van der Waals surface area contributed by atoms with Crippen LogP contribution in [0.3, 0.4) is 0 Å². The quantitative estimate of drug-likeness (QED) is 0.475. The standard InChI is InChI=1S/C27H25N3O4S/c31-15-18-13-21(32)26-27(33)28-11-4-1-5-12-34-22-9-6-7-19-16-35-23-10-3-2-8-20(23)25(24(19)22)30(17-28)29(26)14-18/h1-3,5-10,14-15,25,32H,4,11-13,16-17H2/b5-1+/t25-/m1/s1. The van der Waals surface area contributed by atoms with E-state index in [-0.39, 0.29) is 29.8 Å². The molecule has 4 aliphatic rings. The minimum atomic E-state index is -0.295. The second-order valence-electron chi connectivity index (χ2n) is 8.92. The van der Waals surface area contributed by atoms with Crippen LogP contribution >= 0.6 is 11.8 Å². The average Bonchev–Trinajstić information content (AvgIpc) is 3.03. The minimum Gasteiger partial charge on any atom is -0.510 e. The molecular weight excluding hydrogens is 462 g/mol. The third-order valence-corrected chi connectivity index (χ3v) is 7.93. The monoisotopic (exact) mass is 487 g/mol. The minimum absolute atomic E-state index is 0.0463. The van der Waals surface area contributed by atoms with Gasteiger partial charge < -0.3 is 14.7 Å². The number of hydrazine groups is 1. The summed E-state index contributed by atoms with van der Waals surface area (Å²) in [6.07, 6.45) is 7.16. The molecule has 2 aromatic rings. The van der Waals surface area contributed by atoms with E-state index in [1.165, 1.54) is 0 Å². The van der Waals surface area contributed by atoms with Crippen molar-refractivity contribution in [2.45, 2.75) is 29.5 Å². The summed E-state index contributed by atoms with van der Waals surface area (Å²) in [4.78, 5) is 28.2. The number of hydrogen-bond acceptors (Lipinski definition) is 7. The van der Waals surface area contributed by atoms with Crippen LogP contribution in [0.15, 0.2) is 82.7 Å². The zero-order valence-corrected chi connectivity index (χ0v) is 19.9. The molecule has 2 bridgehead atoms. The van der Waals surface area contributed by atoms with Gasteiger partial charge in [-0.1, -0.05) is 42.5 Å². The van der Waals surface area contributed by atoms with Gasteiger partial charge in [0, 0.05) is 41.0 Å². The number of rotatable bonds is 1. The van der Waals surface area contributed by atoms with E-state index < -0.39 is 0 Å². The normalized spacial score (nSPS) is 24.5. The first-order valence-corrected chi connectivity index (χ1v) is 12.7. The fourth-order valence-electron chi connectivity index (χ4n) is 5.17. The fourth-order valence-corrected chi connectivity index (χ4v) is 6.26. The number of carbonyl (C=O) groups is 2. The molecule has 0 aliphatic carbocycles. The Morgan fingerprint density at radius 1 is 1.11 bits per heavy atom. The zero-order chi connectivity index (χ0) is 23.9. The number of nitrogens with zero attached hydrogens (tertiary/aromatic N) is 3. The number of aldehydes is 1. The van der Waals surface area contributed by atoms with Crippen molar-refractivity contribution in [3.05, 3.63) is 94.5 Å². The Morgan fingerprint density at radius 2 is 2.00 bits per heavy atom. The number of benzene rings is 2. The summed E-state index contributed by atoms with van der Waals surface area (Å²) in [5, 5.41) is 14.7. The molecule has 1 saturated heterocycles. The summed E-state index contributed by atoms with van der Waals surface area (Å²) in [6.45, 7) is 1.26. The molecule has 1 amide bonds. The Balaban J connectivity index is 1.62. The molecule has 7 nitrogen and oxygen atoms in total. The lowest BCUT2D eigenvalue weighted by molar-refractivity contribution is -0.149. The largest absolute Gasteiger partial charge is 0.510 e. The van der Waals surface area contributed by atoms with Crippen molar-refractivity contribution >= 4 is 24.0 Å². The third kappa shape index (κ3) is 3.73. The summed E-state index contributed by atoms with van der Waals surface area (Å²) >= 11 is 1.78. The molecule has 178 valence electrons. The Labute approximate surface area is 207 Å². The molecule has 35 heavy (non-hydrogen) atoms. The van der Waals surface area contributed by atoms with E-state index >= 15 is 0 Å². The van der Waals surface area contributed by atoms with Crippen LogP contribution in [-0.4, -0.2) is 52.0 Å². The van der Waals surface area contributed by atoms with E-state index in [1.54, 1.807) is 27.9 Å². The van der Waals surface area contributed by atoms with Crippen LogP contribution in [0.2, 0.25) is 0 Å². The van der Waals surface area contributed by atoms with Crippen LogP contribution in [0.25, 0.3) is 0 Å². The predicted molar refractivity (Wildman–Crippen MR) is 132 cm³/mol. The summed E-state index contributed by atoms with van der Waals surface area (Å²) in [7, 11) is 0.